The Morgan fingerprint density at radius 3 is 2.85 bits per heavy atom. The number of thiophene rings is 1. The quantitative estimate of drug-likeness (QED) is 0.281. The van der Waals surface area contributed by atoms with E-state index in [1.165, 1.54) is 45.5 Å². The monoisotopic (exact) mass is 453 g/mol. The Balaban J connectivity index is 1.39. The van der Waals surface area contributed by atoms with Crippen LogP contribution in [-0.4, -0.2) is 24.0 Å². The summed E-state index contributed by atoms with van der Waals surface area (Å²) < 4.78 is 16.6. The molecular weight excluding hydrogens is 425 g/mol. The van der Waals surface area contributed by atoms with Gasteiger partial charge in [-0.1, -0.05) is 55.5 Å². The van der Waals surface area contributed by atoms with Gasteiger partial charge in [0.2, 0.25) is 0 Å². The molecule has 1 aromatic heterocycles. The molecule has 1 nitrogen and oxygen atoms in total. The van der Waals surface area contributed by atoms with Crippen LogP contribution in [0.15, 0.2) is 66.7 Å². The van der Waals surface area contributed by atoms with Crippen LogP contribution in [0.2, 0.25) is 0 Å². The predicted octanol–water partition coefficient (Wildman–Crippen LogP) is 8.34. The topological polar surface area (TPSA) is 3.24 Å². The SMILES string of the molecule is CCc1sc2ccc(C=C(F)c3ccc4ccccc4c3)cc2c1C1=CCN2CCCC2C1. The molecule has 1 unspecified atom stereocenters. The van der Waals surface area contributed by atoms with Gasteiger partial charge in [0.05, 0.1) is 0 Å². The maximum absolute atomic E-state index is 15.3. The molecule has 0 aliphatic carbocycles. The summed E-state index contributed by atoms with van der Waals surface area (Å²) >= 11 is 1.90. The molecule has 33 heavy (non-hydrogen) atoms. The van der Waals surface area contributed by atoms with Crippen LogP contribution in [-0.2, 0) is 6.42 Å². The molecule has 0 bridgehead atoms. The summed E-state index contributed by atoms with van der Waals surface area (Å²) in [5, 5.41) is 3.48. The maximum Gasteiger partial charge on any atom is 0.131 e. The first-order valence-electron chi connectivity index (χ1n) is 12.0. The molecular formula is C30H28FNS. The van der Waals surface area contributed by atoms with Crippen molar-refractivity contribution in [1.82, 2.24) is 4.90 Å². The second-order valence-electron chi connectivity index (χ2n) is 9.29. The van der Waals surface area contributed by atoms with Gasteiger partial charge in [0.25, 0.3) is 0 Å². The van der Waals surface area contributed by atoms with Crippen LogP contribution in [0.1, 0.15) is 47.8 Å². The van der Waals surface area contributed by atoms with Gasteiger partial charge in [-0.25, -0.2) is 4.39 Å². The largest absolute Gasteiger partial charge is 0.296 e. The van der Waals surface area contributed by atoms with Crippen molar-refractivity contribution in [1.29, 1.82) is 0 Å². The molecule has 1 atom stereocenters. The molecule has 0 N–H and O–H groups in total. The predicted molar refractivity (Wildman–Crippen MR) is 141 cm³/mol. The highest BCUT2D eigenvalue weighted by Gasteiger charge is 2.29. The molecule has 0 amide bonds. The molecule has 3 aromatic carbocycles. The first-order valence-corrected chi connectivity index (χ1v) is 12.9. The van der Waals surface area contributed by atoms with Crippen molar-refractivity contribution in [2.75, 3.05) is 13.1 Å². The van der Waals surface area contributed by atoms with E-state index in [0.717, 1.165) is 35.7 Å². The molecule has 1 fully saturated rings. The Labute approximate surface area is 198 Å². The first-order chi connectivity index (χ1) is 16.2. The van der Waals surface area contributed by atoms with Crippen LogP contribution in [0, 0.1) is 0 Å². The first kappa shape index (κ1) is 20.8. The number of fused-ring (bicyclic) bond motifs is 3. The van der Waals surface area contributed by atoms with Crippen LogP contribution in [0.3, 0.4) is 0 Å². The fourth-order valence-corrected chi connectivity index (χ4v) is 6.72. The van der Waals surface area contributed by atoms with Gasteiger partial charge in [-0.15, -0.1) is 11.3 Å². The molecule has 4 aromatic rings. The Hall–Kier alpha value is -2.75. The molecule has 3 heteroatoms. The average Bonchev–Trinajstić information content (AvgIpc) is 3.47. The van der Waals surface area contributed by atoms with E-state index in [2.05, 4.69) is 42.2 Å². The van der Waals surface area contributed by atoms with Crippen molar-refractivity contribution in [3.63, 3.8) is 0 Å². The van der Waals surface area contributed by atoms with Crippen molar-refractivity contribution in [2.45, 2.75) is 38.6 Å². The average molecular weight is 454 g/mol. The third-order valence-corrected chi connectivity index (χ3v) is 8.59. The van der Waals surface area contributed by atoms with Gasteiger partial charge in [0.15, 0.2) is 0 Å². The zero-order valence-electron chi connectivity index (χ0n) is 19.0. The number of aryl methyl sites for hydroxylation is 1. The van der Waals surface area contributed by atoms with E-state index < -0.39 is 0 Å². The van der Waals surface area contributed by atoms with E-state index in [1.54, 1.807) is 6.08 Å². The summed E-state index contributed by atoms with van der Waals surface area (Å²) in [5.41, 5.74) is 4.47. The van der Waals surface area contributed by atoms with E-state index in [1.807, 2.05) is 47.7 Å². The zero-order chi connectivity index (χ0) is 22.4. The lowest BCUT2D eigenvalue weighted by atomic mass is 9.91. The van der Waals surface area contributed by atoms with Crippen molar-refractivity contribution in [3.8, 4) is 0 Å². The summed E-state index contributed by atoms with van der Waals surface area (Å²) in [6.07, 6.45) is 8.94. The lowest BCUT2D eigenvalue weighted by Crippen LogP contribution is -2.32. The van der Waals surface area contributed by atoms with E-state index in [-0.39, 0.29) is 5.83 Å². The fraction of sp³-hybridized carbons (Fsp3) is 0.267. The minimum atomic E-state index is -0.189. The summed E-state index contributed by atoms with van der Waals surface area (Å²) in [6, 6.07) is 21.0. The molecule has 0 radical (unpaired) electrons. The Morgan fingerprint density at radius 1 is 1.09 bits per heavy atom. The Kier molecular flexibility index (Phi) is 5.40. The summed E-state index contributed by atoms with van der Waals surface area (Å²) in [7, 11) is 0. The highest BCUT2D eigenvalue weighted by atomic mass is 32.1. The number of hydrogen-bond acceptors (Lipinski definition) is 2. The number of hydrogen-bond donors (Lipinski definition) is 0. The Morgan fingerprint density at radius 2 is 1.97 bits per heavy atom. The molecule has 166 valence electrons. The number of benzene rings is 3. The lowest BCUT2D eigenvalue weighted by molar-refractivity contribution is 0.275. The lowest BCUT2D eigenvalue weighted by Gasteiger charge is -2.29. The molecule has 2 aliphatic rings. The third kappa shape index (κ3) is 3.84. The van der Waals surface area contributed by atoms with E-state index in [9.17, 15) is 0 Å². The molecule has 1 saturated heterocycles. The number of rotatable bonds is 4. The van der Waals surface area contributed by atoms with Gasteiger partial charge in [0.1, 0.15) is 5.83 Å². The van der Waals surface area contributed by atoms with Gasteiger partial charge in [0, 0.05) is 33.1 Å². The summed E-state index contributed by atoms with van der Waals surface area (Å²) in [6.45, 7) is 4.55. The van der Waals surface area contributed by atoms with Crippen LogP contribution < -0.4 is 0 Å². The van der Waals surface area contributed by atoms with Crippen molar-refractivity contribution < 1.29 is 4.39 Å². The second kappa shape index (κ2) is 8.55. The molecule has 0 spiro atoms. The number of nitrogens with zero attached hydrogens (tertiary/aromatic N) is 1. The van der Waals surface area contributed by atoms with Gasteiger partial charge in [-0.05, 0) is 84.0 Å². The molecule has 0 saturated carbocycles. The fourth-order valence-electron chi connectivity index (χ4n) is 5.56. The molecule has 6 rings (SSSR count). The normalized spacial score (nSPS) is 19.3. The standard InChI is InChI=1S/C30H28FNS/c1-2-28-30(24-13-15-32-14-5-8-25(32)19-24)26-16-20(9-12-29(26)33-28)17-27(31)23-11-10-21-6-3-4-7-22(21)18-23/h3-4,6-7,9-13,16-18,25H,2,5,8,14-15,19H2,1H3. The molecule has 2 aliphatic heterocycles. The number of halogens is 1. The third-order valence-electron chi connectivity index (χ3n) is 7.27. The van der Waals surface area contributed by atoms with Crippen molar-refractivity contribution in [3.05, 3.63) is 88.3 Å². The smallest absolute Gasteiger partial charge is 0.131 e. The maximum atomic E-state index is 15.3. The van der Waals surface area contributed by atoms with Gasteiger partial charge < -0.3 is 0 Å². The van der Waals surface area contributed by atoms with Gasteiger partial charge >= 0.3 is 0 Å². The zero-order valence-corrected chi connectivity index (χ0v) is 19.8. The van der Waals surface area contributed by atoms with Crippen molar-refractivity contribution in [2.24, 2.45) is 0 Å². The highest BCUT2D eigenvalue weighted by Crippen LogP contribution is 2.42. The summed E-state index contributed by atoms with van der Waals surface area (Å²) in [5.74, 6) is -0.189. The summed E-state index contributed by atoms with van der Waals surface area (Å²) in [4.78, 5) is 4.08. The van der Waals surface area contributed by atoms with E-state index >= 15 is 4.39 Å². The Bertz CT molecular complexity index is 1410. The minimum Gasteiger partial charge on any atom is -0.296 e. The van der Waals surface area contributed by atoms with Gasteiger partial charge in [-0.3, -0.25) is 4.90 Å². The van der Waals surface area contributed by atoms with E-state index in [4.69, 9.17) is 0 Å². The van der Waals surface area contributed by atoms with E-state index in [0.29, 0.717) is 11.6 Å². The minimum absolute atomic E-state index is 0.189. The van der Waals surface area contributed by atoms with Crippen LogP contribution >= 0.6 is 11.3 Å². The van der Waals surface area contributed by atoms with Crippen LogP contribution in [0.4, 0.5) is 4.39 Å². The second-order valence-corrected chi connectivity index (χ2v) is 10.4. The van der Waals surface area contributed by atoms with Crippen LogP contribution in [0.5, 0.6) is 0 Å². The van der Waals surface area contributed by atoms with Crippen molar-refractivity contribution >= 4 is 49.7 Å². The molecule has 3 heterocycles. The highest BCUT2D eigenvalue weighted by molar-refractivity contribution is 7.19. The van der Waals surface area contributed by atoms with Gasteiger partial charge in [-0.2, -0.15) is 0 Å². The van der Waals surface area contributed by atoms with Crippen LogP contribution in [0.25, 0.3) is 38.3 Å².